The van der Waals surface area contributed by atoms with Gasteiger partial charge in [-0.15, -0.1) is 0 Å². The van der Waals surface area contributed by atoms with Gasteiger partial charge in [0.1, 0.15) is 6.07 Å². The van der Waals surface area contributed by atoms with E-state index < -0.39 is 5.56 Å². The van der Waals surface area contributed by atoms with Crippen molar-refractivity contribution in [2.45, 2.75) is 0 Å². The van der Waals surface area contributed by atoms with Gasteiger partial charge in [-0.1, -0.05) is 0 Å². The molecule has 0 atom stereocenters. The van der Waals surface area contributed by atoms with E-state index in [0.29, 0.717) is 5.56 Å². The largest absolute Gasteiger partial charge is 0.369 e. The summed E-state index contributed by atoms with van der Waals surface area (Å²) in [5.41, 5.74) is 5.49. The van der Waals surface area contributed by atoms with E-state index >= 15 is 0 Å². The Kier molecular flexibility index (Phi) is 1.65. The molecule has 0 fully saturated rings. The molecule has 0 spiro atoms. The number of hydrogen-bond acceptors (Lipinski definition) is 5. The van der Waals surface area contributed by atoms with Crippen LogP contribution in [0.3, 0.4) is 0 Å². The molecule has 0 radical (unpaired) electrons. The fourth-order valence-corrected chi connectivity index (χ4v) is 1.10. The molecular formula is C8H5N5O. The third-order valence-corrected chi connectivity index (χ3v) is 1.71. The number of pyridine rings is 1. The van der Waals surface area contributed by atoms with Crippen LogP contribution >= 0.6 is 0 Å². The van der Waals surface area contributed by atoms with Crippen LogP contribution in [0.2, 0.25) is 0 Å². The van der Waals surface area contributed by atoms with Crippen molar-refractivity contribution in [3.05, 3.63) is 28.2 Å². The molecule has 3 N–H and O–H groups in total. The first kappa shape index (κ1) is 8.19. The molecule has 6 heteroatoms. The van der Waals surface area contributed by atoms with E-state index in [9.17, 15) is 4.79 Å². The summed E-state index contributed by atoms with van der Waals surface area (Å²) in [5.74, 6) is 0.0136. The summed E-state index contributed by atoms with van der Waals surface area (Å²) in [4.78, 5) is 21.3. The van der Waals surface area contributed by atoms with Crippen molar-refractivity contribution in [1.29, 1.82) is 5.26 Å². The van der Waals surface area contributed by atoms with Crippen molar-refractivity contribution in [3.63, 3.8) is 0 Å². The highest BCUT2D eigenvalue weighted by atomic mass is 16.1. The van der Waals surface area contributed by atoms with Crippen molar-refractivity contribution in [2.75, 3.05) is 5.73 Å². The van der Waals surface area contributed by atoms with Crippen molar-refractivity contribution in [1.82, 2.24) is 15.0 Å². The number of aromatic nitrogens is 3. The highest BCUT2D eigenvalue weighted by Gasteiger charge is 2.03. The first-order valence-corrected chi connectivity index (χ1v) is 3.76. The summed E-state index contributed by atoms with van der Waals surface area (Å²) in [6, 6.07) is 3.31. The number of nitrogens with one attached hydrogen (secondary N) is 1. The number of H-pyrrole nitrogens is 1. The van der Waals surface area contributed by atoms with E-state index in [1.165, 1.54) is 12.3 Å². The average Bonchev–Trinajstić information content (AvgIpc) is 2.17. The SMILES string of the molecule is N#Cc1cnc2nc(N)[nH]c(=O)c2c1. The van der Waals surface area contributed by atoms with Gasteiger partial charge in [0, 0.05) is 6.20 Å². The van der Waals surface area contributed by atoms with Crippen LogP contribution in [0.1, 0.15) is 5.56 Å². The van der Waals surface area contributed by atoms with Gasteiger partial charge < -0.3 is 5.73 Å². The summed E-state index contributed by atoms with van der Waals surface area (Å²) >= 11 is 0. The normalized spacial score (nSPS) is 9.93. The Morgan fingerprint density at radius 1 is 1.57 bits per heavy atom. The molecule has 6 nitrogen and oxygen atoms in total. The number of nitriles is 1. The Balaban J connectivity index is 2.91. The van der Waals surface area contributed by atoms with E-state index in [1.807, 2.05) is 6.07 Å². The smallest absolute Gasteiger partial charge is 0.261 e. The number of nitrogens with zero attached hydrogens (tertiary/aromatic N) is 3. The summed E-state index contributed by atoms with van der Waals surface area (Å²) in [6.07, 6.45) is 1.34. The fourth-order valence-electron chi connectivity index (χ4n) is 1.10. The maximum atomic E-state index is 11.3. The highest BCUT2D eigenvalue weighted by molar-refractivity contribution is 5.75. The van der Waals surface area contributed by atoms with Crippen LogP contribution in [-0.2, 0) is 0 Å². The average molecular weight is 187 g/mol. The second-order valence-corrected chi connectivity index (χ2v) is 2.66. The third-order valence-electron chi connectivity index (χ3n) is 1.71. The lowest BCUT2D eigenvalue weighted by Gasteiger charge is -1.96. The molecule has 0 bridgehead atoms. The standard InChI is InChI=1S/C8H5N5O/c9-2-4-1-5-6(11-3-4)12-8(10)13-7(5)14/h1,3H,(H3,10,11,12,13,14). The zero-order chi connectivity index (χ0) is 10.1. The number of anilines is 1. The summed E-state index contributed by atoms with van der Waals surface area (Å²) in [7, 11) is 0. The molecule has 68 valence electrons. The molecule has 0 aliphatic carbocycles. The lowest BCUT2D eigenvalue weighted by molar-refractivity contribution is 1.15. The maximum Gasteiger partial charge on any atom is 0.261 e. The molecule has 0 saturated heterocycles. The van der Waals surface area contributed by atoms with Gasteiger partial charge in [0.25, 0.3) is 5.56 Å². The molecule has 2 aromatic rings. The van der Waals surface area contributed by atoms with Gasteiger partial charge in [0.05, 0.1) is 10.9 Å². The molecule has 2 aromatic heterocycles. The monoisotopic (exact) mass is 187 g/mol. The Labute approximate surface area is 78.0 Å². The summed E-state index contributed by atoms with van der Waals surface area (Å²) in [6.45, 7) is 0. The van der Waals surface area contributed by atoms with Crippen molar-refractivity contribution in [2.24, 2.45) is 0 Å². The van der Waals surface area contributed by atoms with Gasteiger partial charge in [-0.05, 0) is 6.07 Å². The molecule has 0 aliphatic rings. The molecule has 0 amide bonds. The zero-order valence-corrected chi connectivity index (χ0v) is 6.98. The van der Waals surface area contributed by atoms with Crippen LogP contribution in [-0.4, -0.2) is 15.0 Å². The Bertz CT molecular complexity index is 595. The topological polar surface area (TPSA) is 108 Å². The molecule has 0 saturated carbocycles. The van der Waals surface area contributed by atoms with Gasteiger partial charge in [0.15, 0.2) is 5.65 Å². The minimum Gasteiger partial charge on any atom is -0.369 e. The van der Waals surface area contributed by atoms with Crippen LogP contribution < -0.4 is 11.3 Å². The predicted molar refractivity (Wildman–Crippen MR) is 49.3 cm³/mol. The molecule has 2 rings (SSSR count). The number of fused-ring (bicyclic) bond motifs is 1. The molecule has 2 heterocycles. The van der Waals surface area contributed by atoms with E-state index in [2.05, 4.69) is 15.0 Å². The number of hydrogen-bond donors (Lipinski definition) is 2. The first-order chi connectivity index (χ1) is 6.70. The van der Waals surface area contributed by atoms with Crippen LogP contribution in [0.5, 0.6) is 0 Å². The molecule has 0 aromatic carbocycles. The fraction of sp³-hybridized carbons (Fsp3) is 0. The Hall–Kier alpha value is -2.42. The van der Waals surface area contributed by atoms with Gasteiger partial charge >= 0.3 is 0 Å². The zero-order valence-electron chi connectivity index (χ0n) is 6.98. The predicted octanol–water partition coefficient (Wildman–Crippen LogP) is -0.228. The summed E-state index contributed by atoms with van der Waals surface area (Å²) in [5, 5.41) is 8.86. The maximum absolute atomic E-state index is 11.3. The van der Waals surface area contributed by atoms with Gasteiger partial charge in [-0.3, -0.25) is 9.78 Å². The Morgan fingerprint density at radius 3 is 3.07 bits per heavy atom. The molecule has 0 aliphatic heterocycles. The van der Waals surface area contributed by atoms with E-state index in [0.717, 1.165) is 0 Å². The molecule has 14 heavy (non-hydrogen) atoms. The van der Waals surface area contributed by atoms with Crippen LogP contribution in [0.25, 0.3) is 11.0 Å². The highest BCUT2D eigenvalue weighted by Crippen LogP contribution is 2.06. The van der Waals surface area contributed by atoms with Crippen LogP contribution in [0, 0.1) is 11.3 Å². The van der Waals surface area contributed by atoms with Gasteiger partial charge in [0.2, 0.25) is 5.95 Å². The number of aromatic amines is 1. The van der Waals surface area contributed by atoms with Crippen LogP contribution in [0.15, 0.2) is 17.1 Å². The third kappa shape index (κ3) is 1.17. The number of rotatable bonds is 0. The minimum absolute atomic E-state index is 0.0136. The van der Waals surface area contributed by atoms with Gasteiger partial charge in [-0.2, -0.15) is 10.2 Å². The van der Waals surface area contributed by atoms with Crippen molar-refractivity contribution < 1.29 is 0 Å². The quantitative estimate of drug-likeness (QED) is 0.592. The van der Waals surface area contributed by atoms with Crippen molar-refractivity contribution in [3.8, 4) is 6.07 Å². The number of nitrogen functional groups attached to an aromatic ring is 1. The molecule has 0 unspecified atom stereocenters. The van der Waals surface area contributed by atoms with E-state index in [4.69, 9.17) is 11.0 Å². The minimum atomic E-state index is -0.392. The second kappa shape index (κ2) is 2.81. The first-order valence-electron chi connectivity index (χ1n) is 3.76. The van der Waals surface area contributed by atoms with E-state index in [-0.39, 0.29) is 17.0 Å². The van der Waals surface area contributed by atoms with Gasteiger partial charge in [-0.25, -0.2) is 4.98 Å². The molecular weight excluding hydrogens is 182 g/mol. The number of nitrogens with two attached hydrogens (primary N) is 1. The van der Waals surface area contributed by atoms with Crippen LogP contribution in [0.4, 0.5) is 5.95 Å². The lowest BCUT2D eigenvalue weighted by Crippen LogP contribution is -2.12. The van der Waals surface area contributed by atoms with Crippen molar-refractivity contribution >= 4 is 17.0 Å². The second-order valence-electron chi connectivity index (χ2n) is 2.66. The lowest BCUT2D eigenvalue weighted by atomic mass is 10.2. The Morgan fingerprint density at radius 2 is 2.36 bits per heavy atom. The van der Waals surface area contributed by atoms with E-state index in [1.54, 1.807) is 0 Å². The summed E-state index contributed by atoms with van der Waals surface area (Å²) < 4.78 is 0.